The number of nitrogens with zero attached hydrogens (tertiary/aromatic N) is 2. The van der Waals surface area contributed by atoms with Gasteiger partial charge in [0.05, 0.1) is 0 Å². The van der Waals surface area contributed by atoms with E-state index in [1.54, 1.807) is 13.8 Å². The van der Waals surface area contributed by atoms with Gasteiger partial charge in [0.1, 0.15) is 5.60 Å². The molecule has 1 atom stereocenters. The molecule has 4 nitrogen and oxygen atoms in total. The zero-order valence-corrected chi connectivity index (χ0v) is 17.5. The minimum absolute atomic E-state index is 0.274. The maximum atomic E-state index is 9.73. The molecule has 2 N–H and O–H groups in total. The fraction of sp³-hybridized carbons (Fsp3) is 0.667. The minimum Gasteiger partial charge on any atom is -0.396 e. The van der Waals surface area contributed by atoms with Crippen molar-refractivity contribution in [1.82, 2.24) is 9.80 Å². The molecule has 2 aliphatic rings. The van der Waals surface area contributed by atoms with E-state index in [4.69, 9.17) is 0 Å². The van der Waals surface area contributed by atoms with E-state index in [1.807, 2.05) is 12.1 Å². The quantitative estimate of drug-likeness (QED) is 0.766. The molecule has 1 aliphatic carbocycles. The van der Waals surface area contributed by atoms with Crippen molar-refractivity contribution < 1.29 is 10.2 Å². The van der Waals surface area contributed by atoms with Gasteiger partial charge < -0.3 is 10.2 Å². The van der Waals surface area contributed by atoms with Crippen LogP contribution in [0.5, 0.6) is 0 Å². The van der Waals surface area contributed by atoms with Crippen LogP contribution in [-0.2, 0) is 6.54 Å². The molecule has 2 fully saturated rings. The van der Waals surface area contributed by atoms with Crippen molar-refractivity contribution in [1.29, 1.82) is 0 Å². The lowest BCUT2D eigenvalue weighted by Crippen LogP contribution is -2.56. The average molecular weight is 385 g/mol. The molecule has 0 spiro atoms. The smallest absolute Gasteiger partial charge is 0.120 e. The van der Waals surface area contributed by atoms with Crippen LogP contribution in [-0.4, -0.2) is 63.9 Å². The summed E-state index contributed by atoms with van der Waals surface area (Å²) in [6.45, 7) is 7.87. The van der Waals surface area contributed by atoms with Crippen molar-refractivity contribution >= 4 is 0 Å². The van der Waals surface area contributed by atoms with Crippen molar-refractivity contribution in [2.24, 2.45) is 0 Å². The van der Waals surface area contributed by atoms with Gasteiger partial charge in [0.25, 0.3) is 0 Å². The molecule has 0 radical (unpaired) electrons. The second-order valence-corrected chi connectivity index (χ2v) is 8.94. The highest BCUT2D eigenvalue weighted by Crippen LogP contribution is 2.27. The van der Waals surface area contributed by atoms with E-state index >= 15 is 0 Å². The summed E-state index contributed by atoms with van der Waals surface area (Å²) in [5.74, 6) is 5.89. The van der Waals surface area contributed by atoms with E-state index in [-0.39, 0.29) is 6.61 Å². The molecule has 28 heavy (non-hydrogen) atoms. The molecule has 3 rings (SSSR count). The standard InChI is InChI=1S/C24H36N2O2/c1-24(2,28)14-12-20-8-10-21(11-9-20)18-25-15-16-26(23(19-25)13-17-27)22-6-4-3-5-7-22/h8-11,22-23,27-28H,3-7,13,15-19H2,1-2H3/t23-/m1/s1. The number of rotatable bonds is 5. The van der Waals surface area contributed by atoms with Gasteiger partial charge in [-0.15, -0.1) is 0 Å². The summed E-state index contributed by atoms with van der Waals surface area (Å²) in [5, 5.41) is 19.3. The lowest BCUT2D eigenvalue weighted by Gasteiger charge is -2.46. The molecule has 1 heterocycles. The number of piperazine rings is 1. The van der Waals surface area contributed by atoms with Crippen molar-refractivity contribution in [3.05, 3.63) is 35.4 Å². The molecule has 0 amide bonds. The van der Waals surface area contributed by atoms with E-state index in [2.05, 4.69) is 33.8 Å². The normalized spacial score (nSPS) is 22.6. The maximum absolute atomic E-state index is 9.73. The van der Waals surface area contributed by atoms with Crippen molar-refractivity contribution in [3.63, 3.8) is 0 Å². The van der Waals surface area contributed by atoms with Gasteiger partial charge in [-0.1, -0.05) is 43.2 Å². The van der Waals surface area contributed by atoms with Gasteiger partial charge >= 0.3 is 0 Å². The highest BCUT2D eigenvalue weighted by atomic mass is 16.3. The Morgan fingerprint density at radius 3 is 2.43 bits per heavy atom. The largest absolute Gasteiger partial charge is 0.396 e. The van der Waals surface area contributed by atoms with Crippen LogP contribution in [0.2, 0.25) is 0 Å². The number of aliphatic hydroxyl groups excluding tert-OH is 1. The predicted octanol–water partition coefficient (Wildman–Crippen LogP) is 3.01. The molecular formula is C24H36N2O2. The van der Waals surface area contributed by atoms with Gasteiger partial charge in [0.15, 0.2) is 0 Å². The van der Waals surface area contributed by atoms with Gasteiger partial charge in [-0.05, 0) is 50.8 Å². The molecule has 1 aromatic carbocycles. The predicted molar refractivity (Wildman–Crippen MR) is 114 cm³/mol. The molecule has 154 valence electrons. The Kier molecular flexibility index (Phi) is 7.54. The molecule has 0 aromatic heterocycles. The van der Waals surface area contributed by atoms with Crippen LogP contribution in [0.15, 0.2) is 24.3 Å². The molecule has 4 heteroatoms. The van der Waals surface area contributed by atoms with Gasteiger partial charge in [0.2, 0.25) is 0 Å². The van der Waals surface area contributed by atoms with Gasteiger partial charge in [-0.3, -0.25) is 9.80 Å². The SMILES string of the molecule is CC(C)(O)C#Cc1ccc(CN2CCN(C3CCCCC3)[C@H](CCO)C2)cc1. The van der Waals surface area contributed by atoms with E-state index in [9.17, 15) is 10.2 Å². The van der Waals surface area contributed by atoms with Crippen molar-refractivity contribution in [2.45, 2.75) is 76.6 Å². The lowest BCUT2D eigenvalue weighted by molar-refractivity contribution is 0.0137. The van der Waals surface area contributed by atoms with Crippen LogP contribution in [0, 0.1) is 11.8 Å². The monoisotopic (exact) mass is 384 g/mol. The molecule has 1 saturated carbocycles. The summed E-state index contributed by atoms with van der Waals surface area (Å²) in [6, 6.07) is 9.56. The topological polar surface area (TPSA) is 46.9 Å². The summed E-state index contributed by atoms with van der Waals surface area (Å²) < 4.78 is 0. The van der Waals surface area contributed by atoms with Crippen LogP contribution in [0.3, 0.4) is 0 Å². The molecule has 0 unspecified atom stereocenters. The first kappa shape index (κ1) is 21.3. The van der Waals surface area contributed by atoms with Crippen LogP contribution < -0.4 is 0 Å². The number of aliphatic hydroxyl groups is 2. The number of hydrogen-bond acceptors (Lipinski definition) is 4. The Bertz CT molecular complexity index is 663. The third-order valence-electron chi connectivity index (χ3n) is 5.99. The fourth-order valence-corrected chi connectivity index (χ4v) is 4.55. The van der Waals surface area contributed by atoms with Crippen LogP contribution in [0.4, 0.5) is 0 Å². The van der Waals surface area contributed by atoms with Crippen LogP contribution in [0.25, 0.3) is 0 Å². The highest BCUT2D eigenvalue weighted by molar-refractivity contribution is 5.37. The van der Waals surface area contributed by atoms with Crippen LogP contribution >= 0.6 is 0 Å². The third-order valence-corrected chi connectivity index (χ3v) is 5.99. The van der Waals surface area contributed by atoms with E-state index in [0.29, 0.717) is 6.04 Å². The Morgan fingerprint density at radius 2 is 1.79 bits per heavy atom. The molecular weight excluding hydrogens is 348 g/mol. The van der Waals surface area contributed by atoms with Crippen LogP contribution in [0.1, 0.15) is 63.5 Å². The Labute approximate surface area is 170 Å². The first-order valence-electron chi connectivity index (χ1n) is 10.9. The lowest BCUT2D eigenvalue weighted by atomic mass is 9.91. The number of benzene rings is 1. The zero-order valence-electron chi connectivity index (χ0n) is 17.5. The fourth-order valence-electron chi connectivity index (χ4n) is 4.55. The van der Waals surface area contributed by atoms with E-state index in [0.717, 1.165) is 44.2 Å². The van der Waals surface area contributed by atoms with Gasteiger partial charge in [-0.25, -0.2) is 0 Å². The molecule has 1 aliphatic heterocycles. The van der Waals surface area contributed by atoms with Crippen molar-refractivity contribution in [3.8, 4) is 11.8 Å². The second kappa shape index (κ2) is 9.89. The minimum atomic E-state index is -0.960. The summed E-state index contributed by atoms with van der Waals surface area (Å²) in [5.41, 5.74) is 1.27. The van der Waals surface area contributed by atoms with E-state index < -0.39 is 5.60 Å². The average Bonchev–Trinajstić information content (AvgIpc) is 2.68. The first-order valence-corrected chi connectivity index (χ1v) is 10.9. The zero-order chi connectivity index (χ0) is 20.0. The second-order valence-electron chi connectivity index (χ2n) is 8.94. The Morgan fingerprint density at radius 1 is 1.07 bits per heavy atom. The van der Waals surface area contributed by atoms with Gasteiger partial charge in [0, 0.05) is 50.4 Å². The maximum Gasteiger partial charge on any atom is 0.120 e. The van der Waals surface area contributed by atoms with E-state index in [1.165, 1.54) is 37.7 Å². The molecule has 1 aromatic rings. The summed E-state index contributed by atoms with van der Waals surface area (Å²) in [6.07, 6.45) is 7.64. The molecule has 1 saturated heterocycles. The first-order chi connectivity index (χ1) is 13.4. The Balaban J connectivity index is 1.58. The Hall–Kier alpha value is -1.38. The summed E-state index contributed by atoms with van der Waals surface area (Å²) in [4.78, 5) is 5.22. The van der Waals surface area contributed by atoms with Gasteiger partial charge in [-0.2, -0.15) is 0 Å². The van der Waals surface area contributed by atoms with Crippen molar-refractivity contribution in [2.75, 3.05) is 26.2 Å². The summed E-state index contributed by atoms with van der Waals surface area (Å²) in [7, 11) is 0. The third kappa shape index (κ3) is 6.32. The number of hydrogen-bond donors (Lipinski definition) is 2. The highest BCUT2D eigenvalue weighted by Gasteiger charge is 2.32. The molecule has 0 bridgehead atoms. The summed E-state index contributed by atoms with van der Waals surface area (Å²) >= 11 is 0.